The number of aromatic nitrogens is 1. The van der Waals surface area contributed by atoms with E-state index in [4.69, 9.17) is 20.1 Å². The molecule has 24 heavy (non-hydrogen) atoms. The van der Waals surface area contributed by atoms with Crippen LogP contribution in [-0.2, 0) is 13.5 Å². The lowest BCUT2D eigenvalue weighted by atomic mass is 9.99. The number of fused-ring (bicyclic) bond motifs is 1. The molecule has 2 aromatic carbocycles. The van der Waals surface area contributed by atoms with Gasteiger partial charge in [-0.2, -0.15) is 5.26 Å². The average molecular weight is 323 g/mol. The minimum absolute atomic E-state index is 0.388. The van der Waals surface area contributed by atoms with Gasteiger partial charge in [0.2, 0.25) is 0 Å². The van der Waals surface area contributed by atoms with Gasteiger partial charge < -0.3 is 14.9 Å². The molecular weight excluding hydrogens is 306 g/mol. The third-order valence-corrected chi connectivity index (χ3v) is 4.02. The number of oxazole rings is 1. The van der Waals surface area contributed by atoms with Crippen molar-refractivity contribution in [3.05, 3.63) is 52.5 Å². The number of nitriles is 1. The molecule has 122 valence electrons. The maximum Gasteiger partial charge on any atom is 0.419 e. The molecule has 1 aromatic heterocycles. The van der Waals surface area contributed by atoms with Crippen LogP contribution in [0, 0.1) is 11.3 Å². The lowest BCUT2D eigenvalue weighted by molar-refractivity contribution is 0.409. The van der Waals surface area contributed by atoms with Crippen LogP contribution in [0.15, 0.2) is 45.6 Å². The van der Waals surface area contributed by atoms with Crippen molar-refractivity contribution in [1.82, 2.24) is 4.57 Å². The van der Waals surface area contributed by atoms with E-state index in [-0.39, 0.29) is 5.76 Å². The van der Waals surface area contributed by atoms with E-state index in [0.29, 0.717) is 17.8 Å². The summed E-state index contributed by atoms with van der Waals surface area (Å²) < 4.78 is 12.0. The summed E-state index contributed by atoms with van der Waals surface area (Å²) in [4.78, 5) is 11.6. The predicted octanol–water partition coefficient (Wildman–Crippen LogP) is 2.20. The fourth-order valence-corrected chi connectivity index (χ4v) is 2.68. The van der Waals surface area contributed by atoms with Gasteiger partial charge >= 0.3 is 5.76 Å². The Bertz CT molecular complexity index is 995. The number of nitrogens with zero attached hydrogens (tertiary/aromatic N) is 2. The molecule has 0 fully saturated rings. The summed E-state index contributed by atoms with van der Waals surface area (Å²) in [7, 11) is 3.26. The lowest BCUT2D eigenvalue weighted by Crippen LogP contribution is -2.20. The maximum absolute atomic E-state index is 11.6. The van der Waals surface area contributed by atoms with Gasteiger partial charge in [0.1, 0.15) is 5.75 Å². The summed E-state index contributed by atoms with van der Waals surface area (Å²) in [6.07, 6.45) is 0.426. The standard InChI is InChI=1S/C18H17N3O3/c1-21-15-8-11(5-6-16(15)24-18(21)22)12-3-4-13(7-14(20)10-19)17(9-12)23-2/h3-6,8-9,14H,7,20H2,1-2H3. The summed E-state index contributed by atoms with van der Waals surface area (Å²) in [5.74, 6) is 0.292. The molecule has 6 heteroatoms. The molecule has 1 atom stereocenters. The van der Waals surface area contributed by atoms with E-state index >= 15 is 0 Å². The molecule has 0 saturated heterocycles. The molecule has 3 aromatic rings. The Balaban J connectivity index is 2.05. The summed E-state index contributed by atoms with van der Waals surface area (Å²) in [5.41, 5.74) is 9.74. The molecule has 1 unspecified atom stereocenters. The summed E-state index contributed by atoms with van der Waals surface area (Å²) in [5, 5.41) is 8.87. The van der Waals surface area contributed by atoms with Crippen LogP contribution in [0.25, 0.3) is 22.2 Å². The third-order valence-electron chi connectivity index (χ3n) is 4.02. The van der Waals surface area contributed by atoms with Crippen molar-refractivity contribution in [2.24, 2.45) is 12.8 Å². The van der Waals surface area contributed by atoms with Gasteiger partial charge in [-0.15, -0.1) is 0 Å². The third kappa shape index (κ3) is 2.77. The lowest BCUT2D eigenvalue weighted by Gasteiger charge is -2.12. The molecule has 0 aliphatic heterocycles. The van der Waals surface area contributed by atoms with Crippen LogP contribution in [-0.4, -0.2) is 17.7 Å². The van der Waals surface area contributed by atoms with Gasteiger partial charge in [-0.05, 0) is 34.9 Å². The highest BCUT2D eigenvalue weighted by molar-refractivity contribution is 5.81. The van der Waals surface area contributed by atoms with Crippen LogP contribution in [0.5, 0.6) is 5.75 Å². The fourth-order valence-electron chi connectivity index (χ4n) is 2.68. The van der Waals surface area contributed by atoms with E-state index in [9.17, 15) is 4.79 Å². The normalized spacial score (nSPS) is 12.1. The van der Waals surface area contributed by atoms with Gasteiger partial charge in [0.25, 0.3) is 0 Å². The largest absolute Gasteiger partial charge is 0.496 e. The van der Waals surface area contributed by atoms with Crippen molar-refractivity contribution >= 4 is 11.1 Å². The second kappa shape index (κ2) is 6.22. The number of nitrogens with two attached hydrogens (primary N) is 1. The summed E-state index contributed by atoms with van der Waals surface area (Å²) in [6.45, 7) is 0. The number of benzene rings is 2. The predicted molar refractivity (Wildman–Crippen MR) is 90.7 cm³/mol. The van der Waals surface area contributed by atoms with E-state index < -0.39 is 6.04 Å². The van der Waals surface area contributed by atoms with Crippen LogP contribution in [0.4, 0.5) is 0 Å². The first-order valence-corrected chi connectivity index (χ1v) is 7.45. The van der Waals surface area contributed by atoms with E-state index in [0.717, 1.165) is 22.2 Å². The molecule has 0 aliphatic rings. The molecule has 0 radical (unpaired) electrons. The zero-order valence-electron chi connectivity index (χ0n) is 13.4. The Kier molecular flexibility index (Phi) is 4.11. The molecule has 6 nitrogen and oxygen atoms in total. The second-order valence-electron chi connectivity index (χ2n) is 5.58. The SMILES string of the molecule is COc1cc(-c2ccc3oc(=O)n(C)c3c2)ccc1CC(N)C#N. The molecule has 3 rings (SSSR count). The Hall–Kier alpha value is -3.04. The Labute approximate surface area is 138 Å². The Morgan fingerprint density at radius 1 is 1.29 bits per heavy atom. The highest BCUT2D eigenvalue weighted by Crippen LogP contribution is 2.29. The number of ether oxygens (including phenoxy) is 1. The van der Waals surface area contributed by atoms with Crippen LogP contribution >= 0.6 is 0 Å². The monoisotopic (exact) mass is 323 g/mol. The quantitative estimate of drug-likeness (QED) is 0.794. The van der Waals surface area contributed by atoms with Gasteiger partial charge in [-0.3, -0.25) is 4.57 Å². The van der Waals surface area contributed by atoms with Crippen LogP contribution in [0.3, 0.4) is 0 Å². The molecule has 0 spiro atoms. The van der Waals surface area contributed by atoms with Gasteiger partial charge in [0, 0.05) is 13.5 Å². The fraction of sp³-hybridized carbons (Fsp3) is 0.222. The number of aryl methyl sites for hydroxylation is 1. The first kappa shape index (κ1) is 15.8. The number of methoxy groups -OCH3 is 1. The summed E-state index contributed by atoms with van der Waals surface area (Å²) >= 11 is 0. The first-order valence-electron chi connectivity index (χ1n) is 7.45. The van der Waals surface area contributed by atoms with Crippen molar-refractivity contribution in [2.75, 3.05) is 7.11 Å². The Morgan fingerprint density at radius 3 is 2.71 bits per heavy atom. The topological polar surface area (TPSA) is 94.2 Å². The number of hydrogen-bond donors (Lipinski definition) is 1. The molecule has 2 N–H and O–H groups in total. The van der Waals surface area contributed by atoms with Crippen molar-refractivity contribution in [3.63, 3.8) is 0 Å². The minimum Gasteiger partial charge on any atom is -0.496 e. The highest BCUT2D eigenvalue weighted by Gasteiger charge is 2.12. The van der Waals surface area contributed by atoms with Gasteiger partial charge in [-0.1, -0.05) is 18.2 Å². The number of rotatable bonds is 4. The van der Waals surface area contributed by atoms with Gasteiger partial charge in [0.15, 0.2) is 5.58 Å². The van der Waals surface area contributed by atoms with Crippen LogP contribution < -0.4 is 16.2 Å². The number of hydrogen-bond acceptors (Lipinski definition) is 5. The van der Waals surface area contributed by atoms with E-state index in [1.54, 1.807) is 20.2 Å². The van der Waals surface area contributed by atoms with Crippen LogP contribution in [0.1, 0.15) is 5.56 Å². The second-order valence-corrected chi connectivity index (χ2v) is 5.58. The zero-order valence-corrected chi connectivity index (χ0v) is 13.4. The van der Waals surface area contributed by atoms with E-state index in [1.807, 2.05) is 36.4 Å². The Morgan fingerprint density at radius 2 is 2.00 bits per heavy atom. The molecule has 0 amide bonds. The van der Waals surface area contributed by atoms with Crippen molar-refractivity contribution < 1.29 is 9.15 Å². The van der Waals surface area contributed by atoms with E-state index in [2.05, 4.69) is 0 Å². The first-order chi connectivity index (χ1) is 11.5. The minimum atomic E-state index is -0.568. The van der Waals surface area contributed by atoms with Crippen molar-refractivity contribution in [3.8, 4) is 22.9 Å². The summed E-state index contributed by atoms with van der Waals surface area (Å²) in [6, 6.07) is 12.8. The zero-order chi connectivity index (χ0) is 17.3. The smallest absolute Gasteiger partial charge is 0.419 e. The van der Waals surface area contributed by atoms with Crippen molar-refractivity contribution in [2.45, 2.75) is 12.5 Å². The van der Waals surface area contributed by atoms with Crippen molar-refractivity contribution in [1.29, 1.82) is 5.26 Å². The van der Waals surface area contributed by atoms with Gasteiger partial charge in [-0.25, -0.2) is 4.79 Å². The van der Waals surface area contributed by atoms with E-state index in [1.165, 1.54) is 4.57 Å². The molecule has 1 heterocycles. The molecule has 0 aliphatic carbocycles. The average Bonchev–Trinajstić information content (AvgIpc) is 2.89. The molecular formula is C18H17N3O3. The van der Waals surface area contributed by atoms with Crippen LogP contribution in [0.2, 0.25) is 0 Å². The highest BCUT2D eigenvalue weighted by atomic mass is 16.5. The molecule has 0 bridgehead atoms. The molecule has 0 saturated carbocycles. The van der Waals surface area contributed by atoms with Gasteiger partial charge in [0.05, 0.1) is 24.7 Å². The maximum atomic E-state index is 11.6.